The van der Waals surface area contributed by atoms with Crippen LogP contribution in [0, 0.1) is 0 Å². The number of halogens is 2. The Morgan fingerprint density at radius 3 is 2.81 bits per heavy atom. The molecule has 0 spiro atoms. The number of rotatable bonds is 5. The molecule has 0 saturated heterocycles. The summed E-state index contributed by atoms with van der Waals surface area (Å²) in [4.78, 5) is 11.6. The van der Waals surface area contributed by atoms with Crippen molar-refractivity contribution in [2.24, 2.45) is 0 Å². The zero-order valence-corrected chi connectivity index (χ0v) is 11.9. The van der Waals surface area contributed by atoms with E-state index in [9.17, 15) is 4.79 Å². The third-order valence-electron chi connectivity index (χ3n) is 1.86. The Morgan fingerprint density at radius 2 is 2.25 bits per heavy atom. The standard InChI is InChI=1S/C9H12Br2N2O3/c1-2-16-9(15)6-7(10)12-13(8(6)11)4-3-5-14/h14H,2-5H2,1H3. The first-order valence-corrected chi connectivity index (χ1v) is 6.40. The smallest absolute Gasteiger partial charge is 0.343 e. The van der Waals surface area contributed by atoms with Crippen LogP contribution in [0.2, 0.25) is 0 Å². The van der Waals surface area contributed by atoms with Gasteiger partial charge in [0.2, 0.25) is 0 Å². The van der Waals surface area contributed by atoms with Crippen molar-refractivity contribution in [1.29, 1.82) is 0 Å². The van der Waals surface area contributed by atoms with Gasteiger partial charge in [-0.05, 0) is 45.2 Å². The van der Waals surface area contributed by atoms with Crippen molar-refractivity contribution in [3.63, 3.8) is 0 Å². The van der Waals surface area contributed by atoms with Crippen LogP contribution < -0.4 is 0 Å². The molecule has 0 amide bonds. The van der Waals surface area contributed by atoms with Crippen LogP contribution >= 0.6 is 31.9 Å². The Hall–Kier alpha value is -0.400. The average molecular weight is 356 g/mol. The molecule has 7 heteroatoms. The minimum atomic E-state index is -0.420. The summed E-state index contributed by atoms with van der Waals surface area (Å²) in [5.41, 5.74) is 0.375. The van der Waals surface area contributed by atoms with Gasteiger partial charge in [-0.2, -0.15) is 5.10 Å². The van der Waals surface area contributed by atoms with Gasteiger partial charge in [0.25, 0.3) is 0 Å². The topological polar surface area (TPSA) is 64.3 Å². The van der Waals surface area contributed by atoms with Gasteiger partial charge >= 0.3 is 5.97 Å². The molecule has 5 nitrogen and oxygen atoms in total. The second-order valence-electron chi connectivity index (χ2n) is 2.98. The van der Waals surface area contributed by atoms with Gasteiger partial charge in [0.1, 0.15) is 14.8 Å². The summed E-state index contributed by atoms with van der Waals surface area (Å²) in [7, 11) is 0. The van der Waals surface area contributed by atoms with Gasteiger partial charge in [-0.3, -0.25) is 4.68 Å². The summed E-state index contributed by atoms with van der Waals surface area (Å²) >= 11 is 6.50. The molecule has 0 radical (unpaired) electrons. The lowest BCUT2D eigenvalue weighted by molar-refractivity contribution is 0.0524. The third-order valence-corrected chi connectivity index (χ3v) is 3.22. The normalized spacial score (nSPS) is 10.5. The van der Waals surface area contributed by atoms with Crippen molar-refractivity contribution >= 4 is 37.8 Å². The molecule has 0 aromatic carbocycles. The molecule has 1 heterocycles. The third kappa shape index (κ3) is 3.05. The van der Waals surface area contributed by atoms with Gasteiger partial charge < -0.3 is 9.84 Å². The molecule has 1 aromatic rings. The Balaban J connectivity index is 2.92. The van der Waals surface area contributed by atoms with Crippen molar-refractivity contribution in [2.45, 2.75) is 19.9 Å². The Morgan fingerprint density at radius 1 is 1.56 bits per heavy atom. The number of hydrogen-bond acceptors (Lipinski definition) is 4. The van der Waals surface area contributed by atoms with Crippen LogP contribution in [0.15, 0.2) is 9.21 Å². The maximum Gasteiger partial charge on any atom is 0.343 e. The van der Waals surface area contributed by atoms with E-state index < -0.39 is 5.97 Å². The van der Waals surface area contributed by atoms with Crippen LogP contribution in [-0.2, 0) is 11.3 Å². The summed E-state index contributed by atoms with van der Waals surface area (Å²) in [6.45, 7) is 2.68. The van der Waals surface area contributed by atoms with E-state index in [0.717, 1.165) is 0 Å². The molecular formula is C9H12Br2N2O3. The van der Waals surface area contributed by atoms with Gasteiger partial charge in [-0.15, -0.1) is 0 Å². The number of aliphatic hydroxyl groups is 1. The van der Waals surface area contributed by atoms with E-state index in [0.29, 0.717) is 34.3 Å². The molecule has 90 valence electrons. The van der Waals surface area contributed by atoms with E-state index >= 15 is 0 Å². The zero-order chi connectivity index (χ0) is 12.1. The highest BCUT2D eigenvalue weighted by atomic mass is 79.9. The molecule has 1 rings (SSSR count). The number of nitrogens with zero attached hydrogens (tertiary/aromatic N) is 2. The van der Waals surface area contributed by atoms with Gasteiger partial charge in [-0.25, -0.2) is 4.79 Å². The number of hydrogen-bond donors (Lipinski definition) is 1. The number of carbonyl (C=O) groups excluding carboxylic acids is 1. The summed E-state index contributed by atoms with van der Waals surface area (Å²) in [6.07, 6.45) is 0.578. The first-order chi connectivity index (χ1) is 7.61. The Bertz CT molecular complexity index is 379. The number of aromatic nitrogens is 2. The molecule has 0 saturated carbocycles. The highest BCUT2D eigenvalue weighted by Crippen LogP contribution is 2.26. The molecule has 0 atom stereocenters. The van der Waals surface area contributed by atoms with Gasteiger partial charge in [0, 0.05) is 13.2 Å². The predicted octanol–water partition coefficient (Wildman–Crippen LogP) is 1.97. The second kappa shape index (κ2) is 6.36. The van der Waals surface area contributed by atoms with Crippen LogP contribution in [-0.4, -0.2) is 34.1 Å². The largest absolute Gasteiger partial charge is 0.462 e. The monoisotopic (exact) mass is 354 g/mol. The minimum absolute atomic E-state index is 0.0820. The van der Waals surface area contributed by atoms with Crippen molar-refractivity contribution < 1.29 is 14.6 Å². The number of ether oxygens (including phenoxy) is 1. The molecule has 1 aromatic heterocycles. The number of aryl methyl sites for hydroxylation is 1. The molecule has 0 aliphatic carbocycles. The predicted molar refractivity (Wildman–Crippen MR) is 65.3 cm³/mol. The number of aliphatic hydroxyl groups excluding tert-OH is 1. The molecule has 1 N–H and O–H groups in total. The maximum atomic E-state index is 11.6. The summed E-state index contributed by atoms with van der Waals surface area (Å²) in [5, 5.41) is 12.9. The lowest BCUT2D eigenvalue weighted by Crippen LogP contribution is -2.06. The van der Waals surface area contributed by atoms with Crippen molar-refractivity contribution in [1.82, 2.24) is 9.78 Å². The first-order valence-electron chi connectivity index (χ1n) is 4.81. The van der Waals surface area contributed by atoms with Crippen molar-refractivity contribution in [3.8, 4) is 0 Å². The molecule has 0 bridgehead atoms. The molecule has 0 fully saturated rings. The first kappa shape index (κ1) is 13.7. The van der Waals surface area contributed by atoms with Gasteiger partial charge in [-0.1, -0.05) is 0 Å². The van der Waals surface area contributed by atoms with Crippen LogP contribution in [0.5, 0.6) is 0 Å². The van der Waals surface area contributed by atoms with E-state index in [1.807, 2.05) is 0 Å². The molecular weight excluding hydrogens is 344 g/mol. The van der Waals surface area contributed by atoms with E-state index in [2.05, 4.69) is 37.0 Å². The SMILES string of the molecule is CCOC(=O)c1c(Br)nn(CCCO)c1Br. The maximum absolute atomic E-state index is 11.6. The van der Waals surface area contributed by atoms with Crippen LogP contribution in [0.25, 0.3) is 0 Å². The molecule has 0 aliphatic heterocycles. The average Bonchev–Trinajstić information content (AvgIpc) is 2.51. The van der Waals surface area contributed by atoms with Gasteiger partial charge in [0.15, 0.2) is 0 Å². The summed E-state index contributed by atoms with van der Waals surface area (Å²) in [6, 6.07) is 0. The fraction of sp³-hybridized carbons (Fsp3) is 0.556. The molecule has 0 aliphatic rings. The van der Waals surface area contributed by atoms with Crippen molar-refractivity contribution in [2.75, 3.05) is 13.2 Å². The number of carbonyl (C=O) groups is 1. The highest BCUT2D eigenvalue weighted by Gasteiger charge is 2.21. The Labute approximate surface area is 110 Å². The summed E-state index contributed by atoms with van der Waals surface area (Å²) in [5.74, 6) is -0.420. The number of esters is 1. The lowest BCUT2D eigenvalue weighted by atomic mass is 10.4. The molecule has 16 heavy (non-hydrogen) atoms. The lowest BCUT2D eigenvalue weighted by Gasteiger charge is -2.02. The van der Waals surface area contributed by atoms with Crippen LogP contribution in [0.3, 0.4) is 0 Å². The quantitative estimate of drug-likeness (QED) is 0.820. The van der Waals surface area contributed by atoms with Crippen LogP contribution in [0.1, 0.15) is 23.7 Å². The van der Waals surface area contributed by atoms with E-state index in [1.165, 1.54) is 0 Å². The fourth-order valence-corrected chi connectivity index (χ4v) is 2.57. The van der Waals surface area contributed by atoms with E-state index in [-0.39, 0.29) is 6.61 Å². The van der Waals surface area contributed by atoms with Crippen LogP contribution in [0.4, 0.5) is 0 Å². The van der Waals surface area contributed by atoms with Gasteiger partial charge in [0.05, 0.1) is 6.61 Å². The van der Waals surface area contributed by atoms with Crippen molar-refractivity contribution in [3.05, 3.63) is 14.8 Å². The zero-order valence-electron chi connectivity index (χ0n) is 8.74. The Kier molecular flexibility index (Phi) is 5.43. The van der Waals surface area contributed by atoms with E-state index in [4.69, 9.17) is 9.84 Å². The second-order valence-corrected chi connectivity index (χ2v) is 4.48. The molecule has 0 unspecified atom stereocenters. The van der Waals surface area contributed by atoms with E-state index in [1.54, 1.807) is 11.6 Å². The fourth-order valence-electron chi connectivity index (χ4n) is 1.15. The summed E-state index contributed by atoms with van der Waals surface area (Å²) < 4.78 is 7.51. The minimum Gasteiger partial charge on any atom is -0.462 e. The highest BCUT2D eigenvalue weighted by molar-refractivity contribution is 9.11.